The first kappa shape index (κ1) is 44.3. The van der Waals surface area contributed by atoms with Gasteiger partial charge >= 0.3 is 0 Å². The van der Waals surface area contributed by atoms with Gasteiger partial charge in [-0.15, -0.1) is 0 Å². The molecule has 1 rings (SSSR count). The molecule has 1 aromatic rings. The predicted octanol–water partition coefficient (Wildman–Crippen LogP) is 12.0. The third-order valence-corrected chi connectivity index (χ3v) is 19.9. The number of aliphatic hydroxyl groups excluding tert-OH is 1. The summed E-state index contributed by atoms with van der Waals surface area (Å²) in [7, 11) is -4.13. The maximum absolute atomic E-state index is 11.5. The summed E-state index contributed by atoms with van der Waals surface area (Å²) < 4.78 is 20.3. The number of hydrogen-bond acceptors (Lipinski definition) is 4. The molecule has 0 spiro atoms. The van der Waals surface area contributed by atoms with E-state index in [0.29, 0.717) is 6.61 Å². The third-order valence-electron chi connectivity index (χ3n) is 10.9. The van der Waals surface area contributed by atoms with Crippen molar-refractivity contribution in [2.75, 3.05) is 6.61 Å². The van der Waals surface area contributed by atoms with Gasteiger partial charge in [-0.25, -0.2) is 0 Å². The van der Waals surface area contributed by atoms with Gasteiger partial charge in [0.25, 0.3) is 0 Å². The number of benzene rings is 1. The summed E-state index contributed by atoms with van der Waals surface area (Å²) in [6.07, 6.45) is 12.9. The lowest BCUT2D eigenvalue weighted by atomic mass is 9.81. The van der Waals surface area contributed by atoms with Crippen LogP contribution in [0.2, 0.25) is 36.3 Å². The summed E-state index contributed by atoms with van der Waals surface area (Å²) in [4.78, 5) is 0. The monoisotopic (exact) mass is 699 g/mol. The van der Waals surface area contributed by atoms with Crippen molar-refractivity contribution in [1.82, 2.24) is 0 Å². The highest BCUT2D eigenvalue weighted by Crippen LogP contribution is 2.42. The number of aliphatic hydroxyl groups is 1. The Balaban J connectivity index is 3.33. The molecule has 0 aliphatic carbocycles. The highest BCUT2D eigenvalue weighted by atomic mass is 28.4. The Hall–Kier alpha value is -1.71. The smallest absolute Gasteiger partial charge is 0.192 e. The number of allylic oxidation sites excluding steroid dienone is 3. The second-order valence-corrected chi connectivity index (χ2v) is 27.0. The molecule has 0 aliphatic rings. The Kier molecular flexibility index (Phi) is 17.6. The second kappa shape index (κ2) is 19.1. The second-order valence-electron chi connectivity index (χ2n) is 17.5. The van der Waals surface area contributed by atoms with Crippen molar-refractivity contribution in [3.8, 4) is 5.75 Å². The minimum Gasteiger partial charge on any atom is -0.490 e. The van der Waals surface area contributed by atoms with E-state index in [1.807, 2.05) is 42.5 Å². The molecule has 8 atom stereocenters. The molecule has 0 bridgehead atoms. The van der Waals surface area contributed by atoms with Crippen LogP contribution >= 0.6 is 0 Å². The van der Waals surface area contributed by atoms with Crippen LogP contribution < -0.4 is 4.74 Å². The van der Waals surface area contributed by atoms with Crippen LogP contribution in [0.1, 0.15) is 89.5 Å². The summed E-state index contributed by atoms with van der Waals surface area (Å²) in [5, 5.41) is 11.7. The molecule has 0 amide bonds. The largest absolute Gasteiger partial charge is 0.490 e. The lowest BCUT2D eigenvalue weighted by molar-refractivity contribution is -0.0133. The summed E-state index contributed by atoms with van der Waals surface area (Å²) >= 11 is 0. The van der Waals surface area contributed by atoms with E-state index in [9.17, 15) is 5.11 Å². The van der Waals surface area contributed by atoms with Crippen molar-refractivity contribution in [3.63, 3.8) is 0 Å². The van der Waals surface area contributed by atoms with Crippen LogP contribution in [0.5, 0.6) is 5.75 Å². The first-order chi connectivity index (χ1) is 21.9. The molecule has 1 N–H and O–H groups in total. The third kappa shape index (κ3) is 13.9. The van der Waals surface area contributed by atoms with Crippen LogP contribution in [0.25, 0.3) is 0 Å². The molecular formula is C42H74O4Si2. The highest BCUT2D eigenvalue weighted by molar-refractivity contribution is 6.74. The summed E-state index contributed by atoms with van der Waals surface area (Å²) in [6.45, 7) is 40.8. The molecule has 0 aromatic heterocycles. The van der Waals surface area contributed by atoms with E-state index in [0.717, 1.165) is 12.2 Å². The molecular weight excluding hydrogens is 625 g/mol. The van der Waals surface area contributed by atoms with Gasteiger partial charge in [0.2, 0.25) is 0 Å². The van der Waals surface area contributed by atoms with Gasteiger partial charge in [-0.2, -0.15) is 0 Å². The zero-order chi connectivity index (χ0) is 37.1. The average Bonchev–Trinajstić information content (AvgIpc) is 2.97. The van der Waals surface area contributed by atoms with Crippen LogP contribution in [0.4, 0.5) is 0 Å². The van der Waals surface area contributed by atoms with E-state index < -0.39 is 22.7 Å². The fourth-order valence-corrected chi connectivity index (χ4v) is 8.73. The van der Waals surface area contributed by atoms with Crippen LogP contribution in [0.15, 0.2) is 78.9 Å². The molecule has 0 unspecified atom stereocenters. The first-order valence-corrected chi connectivity index (χ1v) is 24.1. The number of hydrogen-bond donors (Lipinski definition) is 1. The van der Waals surface area contributed by atoms with Gasteiger partial charge in [-0.1, -0.05) is 143 Å². The van der Waals surface area contributed by atoms with Gasteiger partial charge in [0.1, 0.15) is 12.4 Å². The Labute approximate surface area is 299 Å². The Morgan fingerprint density at radius 3 is 1.81 bits per heavy atom. The van der Waals surface area contributed by atoms with Gasteiger partial charge in [0.05, 0.1) is 18.3 Å². The lowest BCUT2D eigenvalue weighted by Crippen LogP contribution is -2.49. The van der Waals surface area contributed by atoms with E-state index in [2.05, 4.69) is 134 Å². The molecule has 6 heteroatoms. The van der Waals surface area contributed by atoms with Crippen molar-refractivity contribution in [2.24, 2.45) is 29.6 Å². The average molecular weight is 699 g/mol. The maximum Gasteiger partial charge on any atom is 0.192 e. The van der Waals surface area contributed by atoms with Crippen molar-refractivity contribution < 1.29 is 18.7 Å². The maximum atomic E-state index is 11.5. The van der Waals surface area contributed by atoms with E-state index in [4.69, 9.17) is 13.6 Å². The highest BCUT2D eigenvalue weighted by Gasteiger charge is 2.43. The van der Waals surface area contributed by atoms with Crippen molar-refractivity contribution in [2.45, 2.75) is 144 Å². The molecule has 0 fully saturated rings. The van der Waals surface area contributed by atoms with Gasteiger partial charge in [-0.3, -0.25) is 0 Å². The minimum absolute atomic E-state index is 0.00764. The zero-order valence-corrected chi connectivity index (χ0v) is 35.8. The normalized spacial score (nSPS) is 19.1. The van der Waals surface area contributed by atoms with Crippen LogP contribution in [-0.2, 0) is 8.85 Å². The zero-order valence-electron chi connectivity index (χ0n) is 33.8. The van der Waals surface area contributed by atoms with Crippen molar-refractivity contribution >= 4 is 16.6 Å². The minimum atomic E-state index is -2.10. The Morgan fingerprint density at radius 1 is 0.792 bits per heavy atom. The SMILES string of the molecule is C=CC=C[C@H](C)[C@H](O)[C@@H](C)[C@H](O[Si](C)(C)C(C)(C)C)[C@@H](C)CC(C)=C[C@H](C)[C@@H](O[Si](C)(C)C(C)(C)C)[C@@H](C)C=CCOc1ccccc1. The van der Waals surface area contributed by atoms with Crippen LogP contribution in [0, 0.1) is 29.6 Å². The molecule has 48 heavy (non-hydrogen) atoms. The summed E-state index contributed by atoms with van der Waals surface area (Å²) in [5.41, 5.74) is 1.34. The fraction of sp³-hybridized carbons (Fsp3) is 0.667. The van der Waals surface area contributed by atoms with E-state index >= 15 is 0 Å². The van der Waals surface area contributed by atoms with Crippen LogP contribution in [0.3, 0.4) is 0 Å². The van der Waals surface area contributed by atoms with E-state index in [1.165, 1.54) is 5.57 Å². The predicted molar refractivity (Wildman–Crippen MR) is 215 cm³/mol. The quantitative estimate of drug-likeness (QED) is 0.0887. The molecule has 0 aliphatic heterocycles. The number of rotatable bonds is 19. The number of ether oxygens (including phenoxy) is 1. The van der Waals surface area contributed by atoms with Crippen LogP contribution in [-0.4, -0.2) is 46.7 Å². The number of para-hydroxylation sites is 1. The molecule has 0 heterocycles. The van der Waals surface area contributed by atoms with Gasteiger partial charge < -0.3 is 18.7 Å². The van der Waals surface area contributed by atoms with Crippen molar-refractivity contribution in [1.29, 1.82) is 0 Å². The summed E-state index contributed by atoms with van der Waals surface area (Å²) in [5.74, 6) is 1.52. The van der Waals surface area contributed by atoms with Gasteiger partial charge in [0.15, 0.2) is 16.6 Å². The molecule has 0 saturated carbocycles. The van der Waals surface area contributed by atoms with Gasteiger partial charge in [-0.05, 0) is 79.5 Å². The first-order valence-electron chi connectivity index (χ1n) is 18.3. The molecule has 0 saturated heterocycles. The molecule has 1 aromatic carbocycles. The van der Waals surface area contributed by atoms with E-state index in [1.54, 1.807) is 6.08 Å². The molecule has 274 valence electrons. The van der Waals surface area contributed by atoms with E-state index in [-0.39, 0.29) is 51.9 Å². The molecule has 4 nitrogen and oxygen atoms in total. The lowest BCUT2D eigenvalue weighted by Gasteiger charge is -2.44. The Morgan fingerprint density at radius 2 is 1.31 bits per heavy atom. The van der Waals surface area contributed by atoms with Gasteiger partial charge in [0, 0.05) is 11.8 Å². The van der Waals surface area contributed by atoms with Crippen molar-refractivity contribution in [3.05, 3.63) is 78.9 Å². The topological polar surface area (TPSA) is 47.9 Å². The standard InChI is InChI=1S/C42H74O4Si2/c1-18-19-24-32(3)38(43)36(7)40(46-48(16,17)42(11,12)13)35(6)30-31(2)29-34(5)39(45-47(14,15)41(8,9)10)33(4)25-23-28-44-37-26-21-20-22-27-37/h18-27,29,32-36,38-40,43H,1,28,30H2,2-17H3/t32-,33-,34-,35-,36+,38-,39-,40+/m0/s1. The molecule has 0 radical (unpaired) electrons. The Bertz CT molecular complexity index is 1170. The fourth-order valence-electron chi connectivity index (χ4n) is 5.79. The summed E-state index contributed by atoms with van der Waals surface area (Å²) in [6, 6.07) is 9.96.